The highest BCUT2D eigenvalue weighted by molar-refractivity contribution is 5.86. The molecule has 0 radical (unpaired) electrons. The maximum atomic E-state index is 11.3. The number of ether oxygens (including phenoxy) is 1. The van der Waals surface area contributed by atoms with Crippen LogP contribution in [0.15, 0.2) is 30.4 Å². The van der Waals surface area contributed by atoms with Gasteiger partial charge in [-0.1, -0.05) is 19.6 Å². The Morgan fingerprint density at radius 3 is 2.56 bits per heavy atom. The summed E-state index contributed by atoms with van der Waals surface area (Å²) in [5, 5.41) is 18.7. The number of hydrogen-bond donors (Lipinski definition) is 2. The van der Waals surface area contributed by atoms with Gasteiger partial charge >= 0.3 is 5.97 Å². The number of esters is 1. The van der Waals surface area contributed by atoms with Crippen LogP contribution >= 0.6 is 0 Å². The average Bonchev–Trinajstić information content (AvgIpc) is 2.33. The Labute approximate surface area is 107 Å². The van der Waals surface area contributed by atoms with E-state index in [2.05, 4.69) is 6.58 Å². The minimum atomic E-state index is -0.420. The molecule has 0 saturated carbocycles. The number of benzene rings is 1. The summed E-state index contributed by atoms with van der Waals surface area (Å²) in [6.07, 6.45) is 0.758. The van der Waals surface area contributed by atoms with E-state index in [-0.39, 0.29) is 24.0 Å². The van der Waals surface area contributed by atoms with Crippen LogP contribution in [0.4, 0.5) is 0 Å². The first kappa shape index (κ1) is 14.1. The molecule has 0 spiro atoms. The maximum Gasteiger partial charge on any atom is 0.333 e. The van der Waals surface area contributed by atoms with Gasteiger partial charge in [0.05, 0.1) is 6.61 Å². The maximum absolute atomic E-state index is 11.3. The van der Waals surface area contributed by atoms with Gasteiger partial charge in [-0.15, -0.1) is 0 Å². The van der Waals surface area contributed by atoms with Gasteiger partial charge in [-0.25, -0.2) is 4.79 Å². The van der Waals surface area contributed by atoms with Crippen molar-refractivity contribution in [3.63, 3.8) is 0 Å². The largest absolute Gasteiger partial charge is 0.504 e. The lowest BCUT2D eigenvalue weighted by Gasteiger charge is -2.16. The fourth-order valence-electron chi connectivity index (χ4n) is 1.54. The van der Waals surface area contributed by atoms with Gasteiger partial charge in [-0.05, 0) is 31.0 Å². The Balaban J connectivity index is 2.74. The van der Waals surface area contributed by atoms with Crippen LogP contribution in [0.3, 0.4) is 0 Å². The van der Waals surface area contributed by atoms with Gasteiger partial charge in [0.2, 0.25) is 0 Å². The summed E-state index contributed by atoms with van der Waals surface area (Å²) in [6.45, 7) is 7.29. The fraction of sp³-hybridized carbons (Fsp3) is 0.357. The molecule has 0 aliphatic carbocycles. The molecule has 1 rings (SSSR count). The second-order valence-corrected chi connectivity index (χ2v) is 4.23. The number of carbonyl (C=O) groups excluding carboxylic acids is 1. The molecular formula is C14H18O4. The van der Waals surface area contributed by atoms with E-state index in [0.717, 1.165) is 12.0 Å². The molecule has 0 amide bonds. The van der Waals surface area contributed by atoms with E-state index in [0.29, 0.717) is 5.57 Å². The summed E-state index contributed by atoms with van der Waals surface area (Å²) in [4.78, 5) is 11.3. The molecule has 2 N–H and O–H groups in total. The van der Waals surface area contributed by atoms with Crippen LogP contribution < -0.4 is 0 Å². The van der Waals surface area contributed by atoms with Crippen molar-refractivity contribution in [3.8, 4) is 11.5 Å². The van der Waals surface area contributed by atoms with E-state index in [9.17, 15) is 15.0 Å². The van der Waals surface area contributed by atoms with Crippen molar-refractivity contribution in [2.24, 2.45) is 0 Å². The number of carbonyl (C=O) groups is 1. The van der Waals surface area contributed by atoms with Crippen LogP contribution in [0.2, 0.25) is 0 Å². The SMILES string of the molecule is C=C(C)C(=O)OCC(CC)c1ccc(O)c(O)c1. The van der Waals surface area contributed by atoms with E-state index >= 15 is 0 Å². The highest BCUT2D eigenvalue weighted by atomic mass is 16.5. The molecule has 1 aromatic carbocycles. The van der Waals surface area contributed by atoms with Crippen LogP contribution in [-0.4, -0.2) is 22.8 Å². The lowest BCUT2D eigenvalue weighted by atomic mass is 9.97. The van der Waals surface area contributed by atoms with Gasteiger partial charge in [0, 0.05) is 11.5 Å². The zero-order valence-electron chi connectivity index (χ0n) is 10.6. The smallest absolute Gasteiger partial charge is 0.333 e. The van der Waals surface area contributed by atoms with Crippen LogP contribution in [0.1, 0.15) is 31.7 Å². The van der Waals surface area contributed by atoms with Crippen molar-refractivity contribution in [1.82, 2.24) is 0 Å². The molecule has 98 valence electrons. The minimum absolute atomic E-state index is 0.0141. The molecule has 0 fully saturated rings. The Morgan fingerprint density at radius 1 is 1.39 bits per heavy atom. The number of phenolic OH excluding ortho intramolecular Hbond substituents is 2. The van der Waals surface area contributed by atoms with Crippen molar-refractivity contribution in [2.45, 2.75) is 26.2 Å². The van der Waals surface area contributed by atoms with Crippen molar-refractivity contribution in [1.29, 1.82) is 0 Å². The second kappa shape index (κ2) is 6.10. The minimum Gasteiger partial charge on any atom is -0.504 e. The van der Waals surface area contributed by atoms with Crippen molar-refractivity contribution >= 4 is 5.97 Å². The summed E-state index contributed by atoms with van der Waals surface area (Å²) in [5.41, 5.74) is 1.18. The highest BCUT2D eigenvalue weighted by Gasteiger charge is 2.14. The summed E-state index contributed by atoms with van der Waals surface area (Å²) in [6, 6.07) is 4.61. The lowest BCUT2D eigenvalue weighted by molar-refractivity contribution is -0.139. The van der Waals surface area contributed by atoms with Crippen LogP contribution in [0.25, 0.3) is 0 Å². The first-order valence-corrected chi connectivity index (χ1v) is 5.80. The molecule has 0 heterocycles. The Bertz CT molecular complexity index is 451. The third-order valence-corrected chi connectivity index (χ3v) is 2.73. The van der Waals surface area contributed by atoms with Gasteiger partial charge in [-0.3, -0.25) is 0 Å². The van der Waals surface area contributed by atoms with Gasteiger partial charge in [0.1, 0.15) is 0 Å². The predicted octanol–water partition coefficient (Wildman–Crippen LogP) is 2.71. The molecule has 1 aromatic rings. The molecule has 0 aliphatic rings. The summed E-state index contributed by atoms with van der Waals surface area (Å²) < 4.78 is 5.10. The first-order valence-electron chi connectivity index (χ1n) is 5.80. The molecule has 1 unspecified atom stereocenters. The average molecular weight is 250 g/mol. The molecule has 4 heteroatoms. The third-order valence-electron chi connectivity index (χ3n) is 2.73. The van der Waals surface area contributed by atoms with Gasteiger partial charge in [0.25, 0.3) is 0 Å². The van der Waals surface area contributed by atoms with Crippen molar-refractivity contribution < 1.29 is 19.7 Å². The fourth-order valence-corrected chi connectivity index (χ4v) is 1.54. The Hall–Kier alpha value is -1.97. The molecule has 0 bridgehead atoms. The first-order chi connectivity index (χ1) is 8.45. The van der Waals surface area contributed by atoms with Crippen molar-refractivity contribution in [3.05, 3.63) is 35.9 Å². The Morgan fingerprint density at radius 2 is 2.06 bits per heavy atom. The summed E-state index contributed by atoms with van der Waals surface area (Å²) in [7, 11) is 0. The summed E-state index contributed by atoms with van der Waals surface area (Å²) >= 11 is 0. The van der Waals surface area contributed by atoms with E-state index in [4.69, 9.17) is 4.74 Å². The molecule has 1 atom stereocenters. The van der Waals surface area contributed by atoms with E-state index in [1.807, 2.05) is 6.92 Å². The molecule has 0 aliphatic heterocycles. The normalized spacial score (nSPS) is 11.9. The molecular weight excluding hydrogens is 232 g/mol. The van der Waals surface area contributed by atoms with Crippen LogP contribution in [-0.2, 0) is 9.53 Å². The quantitative estimate of drug-likeness (QED) is 0.479. The molecule has 0 aromatic heterocycles. The van der Waals surface area contributed by atoms with Crippen LogP contribution in [0, 0.1) is 0 Å². The third kappa shape index (κ3) is 3.52. The van der Waals surface area contributed by atoms with Gasteiger partial charge < -0.3 is 14.9 Å². The van der Waals surface area contributed by atoms with E-state index in [1.165, 1.54) is 12.1 Å². The van der Waals surface area contributed by atoms with Gasteiger partial charge in [0.15, 0.2) is 11.5 Å². The number of rotatable bonds is 5. The molecule has 0 saturated heterocycles. The number of hydrogen-bond acceptors (Lipinski definition) is 4. The topological polar surface area (TPSA) is 66.8 Å². The molecule has 4 nitrogen and oxygen atoms in total. The van der Waals surface area contributed by atoms with Crippen molar-refractivity contribution in [2.75, 3.05) is 6.61 Å². The molecule has 18 heavy (non-hydrogen) atoms. The second-order valence-electron chi connectivity index (χ2n) is 4.23. The monoisotopic (exact) mass is 250 g/mol. The standard InChI is InChI=1S/C14H18O4/c1-4-10(8-18-14(17)9(2)3)11-5-6-12(15)13(16)7-11/h5-7,10,15-16H,2,4,8H2,1,3H3. The van der Waals surface area contributed by atoms with Gasteiger partial charge in [-0.2, -0.15) is 0 Å². The lowest BCUT2D eigenvalue weighted by Crippen LogP contribution is -2.12. The number of aromatic hydroxyl groups is 2. The van der Waals surface area contributed by atoms with E-state index in [1.54, 1.807) is 13.0 Å². The zero-order chi connectivity index (χ0) is 13.7. The van der Waals surface area contributed by atoms with E-state index < -0.39 is 5.97 Å². The van der Waals surface area contributed by atoms with Crippen LogP contribution in [0.5, 0.6) is 11.5 Å². The summed E-state index contributed by atoms with van der Waals surface area (Å²) in [5.74, 6) is -0.763. The zero-order valence-corrected chi connectivity index (χ0v) is 10.6. The predicted molar refractivity (Wildman–Crippen MR) is 68.6 cm³/mol. The number of phenols is 2. The Kier molecular flexibility index (Phi) is 4.77. The highest BCUT2D eigenvalue weighted by Crippen LogP contribution is 2.30.